The molecule has 0 aliphatic carbocycles. The van der Waals surface area contributed by atoms with Crippen molar-refractivity contribution < 1.29 is 15.3 Å². The molecule has 4 heteroatoms. The van der Waals surface area contributed by atoms with Gasteiger partial charge in [0.15, 0.2) is 0 Å². The van der Waals surface area contributed by atoms with Gasteiger partial charge in [-0.3, -0.25) is 0 Å². The Balaban J connectivity index is 2.53. The quantitative estimate of drug-likeness (QED) is 0.621. The van der Waals surface area contributed by atoms with Crippen molar-refractivity contribution in [2.75, 3.05) is 6.61 Å². The molecule has 16 heavy (non-hydrogen) atoms. The summed E-state index contributed by atoms with van der Waals surface area (Å²) in [5, 5.41) is 29.0. The molecule has 4 nitrogen and oxygen atoms in total. The van der Waals surface area contributed by atoms with Gasteiger partial charge in [-0.15, -0.1) is 0 Å². The molecule has 2 unspecified atom stereocenters. The third kappa shape index (κ3) is 1.71. The number of fused-ring (bicyclic) bond motifs is 1. The predicted molar refractivity (Wildman–Crippen MR) is 61.1 cm³/mol. The van der Waals surface area contributed by atoms with Crippen molar-refractivity contribution in [1.29, 1.82) is 0 Å². The monoisotopic (exact) mass is 221 g/mol. The Kier molecular flexibility index (Phi) is 2.96. The highest BCUT2D eigenvalue weighted by atomic mass is 16.4. The number of hydrogen-bond acceptors (Lipinski definition) is 3. The molecule has 2 rings (SSSR count). The van der Waals surface area contributed by atoms with E-state index in [1.165, 1.54) is 0 Å². The van der Waals surface area contributed by atoms with Crippen molar-refractivity contribution in [3.05, 3.63) is 35.5 Å². The van der Waals surface area contributed by atoms with Crippen molar-refractivity contribution >= 4 is 10.9 Å². The van der Waals surface area contributed by atoms with Gasteiger partial charge >= 0.3 is 0 Å². The average Bonchev–Trinajstić information content (AvgIpc) is 2.72. The van der Waals surface area contributed by atoms with Crippen molar-refractivity contribution in [2.24, 2.45) is 0 Å². The molecular formula is C12H15NO3. The Bertz CT molecular complexity index is 492. The van der Waals surface area contributed by atoms with Crippen LogP contribution in [0.1, 0.15) is 17.2 Å². The fourth-order valence-corrected chi connectivity index (χ4v) is 1.94. The van der Waals surface area contributed by atoms with Crippen LogP contribution in [0.2, 0.25) is 0 Å². The Morgan fingerprint density at radius 3 is 2.75 bits per heavy atom. The van der Waals surface area contributed by atoms with Crippen LogP contribution in [0.3, 0.4) is 0 Å². The fourth-order valence-electron chi connectivity index (χ4n) is 1.94. The Morgan fingerprint density at radius 1 is 1.31 bits per heavy atom. The highest BCUT2D eigenvalue weighted by Crippen LogP contribution is 2.28. The molecule has 0 bridgehead atoms. The molecule has 4 N–H and O–H groups in total. The molecule has 1 heterocycles. The second-order valence-corrected chi connectivity index (χ2v) is 3.94. The Hall–Kier alpha value is -1.36. The number of aliphatic hydroxyl groups is 3. The number of aryl methyl sites for hydroxylation is 1. The zero-order valence-electron chi connectivity index (χ0n) is 9.01. The second-order valence-electron chi connectivity index (χ2n) is 3.94. The number of hydrogen-bond donors (Lipinski definition) is 4. The Labute approximate surface area is 93.2 Å². The van der Waals surface area contributed by atoms with E-state index in [1.807, 2.05) is 25.1 Å². The summed E-state index contributed by atoms with van der Waals surface area (Å²) in [6, 6.07) is 5.77. The summed E-state index contributed by atoms with van der Waals surface area (Å²) in [7, 11) is 0. The molecule has 0 saturated heterocycles. The summed E-state index contributed by atoms with van der Waals surface area (Å²) >= 11 is 0. The van der Waals surface area contributed by atoms with Crippen LogP contribution in [0.4, 0.5) is 0 Å². The van der Waals surface area contributed by atoms with Crippen LogP contribution in [0.5, 0.6) is 0 Å². The SMILES string of the molecule is Cc1cccc2[nH]cc(C(O)C(O)CO)c12. The third-order valence-corrected chi connectivity index (χ3v) is 2.81. The predicted octanol–water partition coefficient (Wildman–Crippen LogP) is 0.863. The molecule has 0 aliphatic heterocycles. The van der Waals surface area contributed by atoms with Gasteiger partial charge in [-0.1, -0.05) is 12.1 Å². The summed E-state index contributed by atoms with van der Waals surface area (Å²) in [5.74, 6) is 0. The maximum Gasteiger partial charge on any atom is 0.109 e. The fraction of sp³-hybridized carbons (Fsp3) is 0.333. The maximum atomic E-state index is 9.87. The third-order valence-electron chi connectivity index (χ3n) is 2.81. The zero-order valence-corrected chi connectivity index (χ0v) is 9.01. The maximum absolute atomic E-state index is 9.87. The summed E-state index contributed by atoms with van der Waals surface area (Å²) in [4.78, 5) is 3.04. The molecule has 0 spiro atoms. The topological polar surface area (TPSA) is 76.5 Å². The van der Waals surface area contributed by atoms with Crippen LogP contribution in [0.15, 0.2) is 24.4 Å². The van der Waals surface area contributed by atoms with Gasteiger partial charge in [0.2, 0.25) is 0 Å². The van der Waals surface area contributed by atoms with Gasteiger partial charge in [0, 0.05) is 22.7 Å². The van der Waals surface area contributed by atoms with Gasteiger partial charge < -0.3 is 20.3 Å². The van der Waals surface area contributed by atoms with Gasteiger partial charge in [-0.25, -0.2) is 0 Å². The molecule has 86 valence electrons. The second kappa shape index (κ2) is 4.25. The molecule has 0 aliphatic rings. The Morgan fingerprint density at radius 2 is 2.06 bits per heavy atom. The number of rotatable bonds is 3. The van der Waals surface area contributed by atoms with Gasteiger partial charge in [0.1, 0.15) is 12.2 Å². The molecule has 2 aromatic rings. The van der Waals surface area contributed by atoms with E-state index in [2.05, 4.69) is 4.98 Å². The van der Waals surface area contributed by atoms with Gasteiger partial charge in [-0.2, -0.15) is 0 Å². The first-order chi connectivity index (χ1) is 7.65. The molecule has 1 aromatic heterocycles. The van der Waals surface area contributed by atoms with Crippen LogP contribution in [-0.4, -0.2) is 33.0 Å². The van der Waals surface area contributed by atoms with E-state index in [4.69, 9.17) is 5.11 Å². The highest BCUT2D eigenvalue weighted by molar-refractivity contribution is 5.86. The number of aromatic nitrogens is 1. The van der Waals surface area contributed by atoms with Gasteiger partial charge in [0.25, 0.3) is 0 Å². The molecule has 0 radical (unpaired) electrons. The lowest BCUT2D eigenvalue weighted by Crippen LogP contribution is -2.21. The summed E-state index contributed by atoms with van der Waals surface area (Å²) < 4.78 is 0. The van der Waals surface area contributed by atoms with Crippen molar-refractivity contribution in [1.82, 2.24) is 4.98 Å². The minimum Gasteiger partial charge on any atom is -0.394 e. The smallest absolute Gasteiger partial charge is 0.109 e. The summed E-state index contributed by atoms with van der Waals surface area (Å²) in [6.45, 7) is 1.48. The lowest BCUT2D eigenvalue weighted by Gasteiger charge is -2.15. The van der Waals surface area contributed by atoms with E-state index >= 15 is 0 Å². The van der Waals surface area contributed by atoms with E-state index in [-0.39, 0.29) is 0 Å². The number of aromatic amines is 1. The van der Waals surface area contributed by atoms with Crippen LogP contribution in [0, 0.1) is 6.92 Å². The molecular weight excluding hydrogens is 206 g/mol. The number of benzene rings is 1. The lowest BCUT2D eigenvalue weighted by atomic mass is 10.0. The largest absolute Gasteiger partial charge is 0.394 e. The van der Waals surface area contributed by atoms with E-state index in [0.717, 1.165) is 16.5 Å². The minimum absolute atomic E-state index is 0.459. The molecule has 2 atom stereocenters. The van der Waals surface area contributed by atoms with E-state index in [0.29, 0.717) is 5.56 Å². The first-order valence-electron chi connectivity index (χ1n) is 5.18. The zero-order chi connectivity index (χ0) is 11.7. The first kappa shape index (κ1) is 11.1. The van der Waals surface area contributed by atoms with Crippen LogP contribution >= 0.6 is 0 Å². The molecule has 1 aromatic carbocycles. The van der Waals surface area contributed by atoms with E-state index in [9.17, 15) is 10.2 Å². The van der Waals surface area contributed by atoms with Crippen LogP contribution < -0.4 is 0 Å². The number of aliphatic hydroxyl groups excluding tert-OH is 3. The number of nitrogens with one attached hydrogen (secondary N) is 1. The normalized spacial score (nSPS) is 15.2. The minimum atomic E-state index is -1.15. The van der Waals surface area contributed by atoms with Crippen molar-refractivity contribution in [3.63, 3.8) is 0 Å². The van der Waals surface area contributed by atoms with Crippen molar-refractivity contribution in [2.45, 2.75) is 19.1 Å². The standard InChI is InChI=1S/C12H15NO3/c1-7-3-2-4-9-11(7)8(5-13-9)12(16)10(15)6-14/h2-5,10,12-16H,6H2,1H3. The molecule has 0 fully saturated rings. The van der Waals surface area contributed by atoms with E-state index in [1.54, 1.807) is 6.20 Å². The van der Waals surface area contributed by atoms with Crippen molar-refractivity contribution in [3.8, 4) is 0 Å². The average molecular weight is 221 g/mol. The number of H-pyrrole nitrogens is 1. The molecule has 0 amide bonds. The first-order valence-corrected chi connectivity index (χ1v) is 5.18. The summed E-state index contributed by atoms with van der Waals surface area (Å²) in [6.07, 6.45) is -0.556. The summed E-state index contributed by atoms with van der Waals surface area (Å²) in [5.41, 5.74) is 2.56. The van der Waals surface area contributed by atoms with E-state index < -0.39 is 18.8 Å². The van der Waals surface area contributed by atoms with Crippen LogP contribution in [-0.2, 0) is 0 Å². The molecule has 0 saturated carbocycles. The lowest BCUT2D eigenvalue weighted by molar-refractivity contribution is -0.0145. The highest BCUT2D eigenvalue weighted by Gasteiger charge is 2.21. The van der Waals surface area contributed by atoms with Crippen LogP contribution in [0.25, 0.3) is 10.9 Å². The van der Waals surface area contributed by atoms with Gasteiger partial charge in [-0.05, 0) is 18.6 Å². The van der Waals surface area contributed by atoms with Gasteiger partial charge in [0.05, 0.1) is 6.61 Å².